The van der Waals surface area contributed by atoms with Crippen LogP contribution in [-0.4, -0.2) is 0 Å². The Kier molecular flexibility index (Phi) is 13.4. The quantitative estimate of drug-likeness (QED) is 0.135. The number of para-hydroxylation sites is 4. The molecule has 0 amide bonds. The van der Waals surface area contributed by atoms with Gasteiger partial charge < -0.3 is 9.80 Å². The molecule has 0 unspecified atom stereocenters. The monoisotopic (exact) mass is 1300 g/mol. The van der Waals surface area contributed by atoms with Crippen molar-refractivity contribution in [2.45, 2.75) is 48.9 Å². The molecule has 4 aliphatic carbocycles. The minimum absolute atomic E-state index is 0.187. The predicted octanol–water partition coefficient (Wildman–Crippen LogP) is 25.5. The van der Waals surface area contributed by atoms with Gasteiger partial charge in [-0.2, -0.15) is 0 Å². The number of rotatable bonds is 10. The lowest BCUT2D eigenvalue weighted by atomic mass is 9.54. The van der Waals surface area contributed by atoms with Gasteiger partial charge in [0.15, 0.2) is 0 Å². The average molecular weight is 1300 g/mol. The van der Waals surface area contributed by atoms with Crippen molar-refractivity contribution in [3.63, 3.8) is 0 Å². The maximum Gasteiger partial charge on any atom is 0.0719 e. The van der Waals surface area contributed by atoms with Gasteiger partial charge in [0.05, 0.1) is 22.2 Å². The molecule has 0 saturated carbocycles. The highest BCUT2D eigenvalue weighted by atomic mass is 15.2. The average Bonchev–Trinajstić information content (AvgIpc) is 1.39. The fourth-order valence-electron chi connectivity index (χ4n) is 19.5. The van der Waals surface area contributed by atoms with Crippen LogP contribution in [0.15, 0.2) is 370 Å². The minimum atomic E-state index is -0.633. The molecule has 16 aromatic carbocycles. The van der Waals surface area contributed by atoms with E-state index in [-0.39, 0.29) is 5.41 Å². The Hall–Kier alpha value is -12.4. The van der Waals surface area contributed by atoms with Gasteiger partial charge in [-0.3, -0.25) is 0 Å². The topological polar surface area (TPSA) is 6.48 Å². The van der Waals surface area contributed by atoms with Gasteiger partial charge in [-0.1, -0.05) is 324 Å². The van der Waals surface area contributed by atoms with Crippen LogP contribution in [0, 0.1) is 0 Å². The van der Waals surface area contributed by atoms with Crippen LogP contribution < -0.4 is 9.80 Å². The molecule has 2 nitrogen and oxygen atoms in total. The molecular weight excluding hydrogens is 1230 g/mol. The lowest BCUT2D eigenvalue weighted by Gasteiger charge is -2.48. The van der Waals surface area contributed by atoms with Crippen LogP contribution in [0.5, 0.6) is 0 Å². The SMILES string of the molecule is CC1(C)c2ccccc2C2(c3ccccc3-c3cc(-c4c(N(c5ccccc5)c5ccccc5)ccc5cc(CC6(C)c7ccccc7C7(c8ccccc8-c8c(-c9c(N(c%10ccccc%10)c%10ccccc%10)ccc%10ccccc9%10)cccc87)c7ccccc76)ccc45)ccc32)c2ccccc21. The molecule has 2 spiro atoms. The van der Waals surface area contributed by atoms with E-state index in [1.54, 1.807) is 0 Å². The van der Waals surface area contributed by atoms with Crippen LogP contribution >= 0.6 is 0 Å². The zero-order valence-corrected chi connectivity index (χ0v) is 57.3. The van der Waals surface area contributed by atoms with Crippen LogP contribution in [0.3, 0.4) is 0 Å². The van der Waals surface area contributed by atoms with Gasteiger partial charge in [0.2, 0.25) is 0 Å². The molecular formula is C100H72N2. The maximum absolute atomic E-state index is 2.54. The zero-order valence-electron chi connectivity index (χ0n) is 57.3. The van der Waals surface area contributed by atoms with E-state index in [0.29, 0.717) is 0 Å². The molecule has 2 heteroatoms. The molecule has 0 atom stereocenters. The van der Waals surface area contributed by atoms with Crippen molar-refractivity contribution in [1.82, 2.24) is 0 Å². The molecule has 102 heavy (non-hydrogen) atoms. The first kappa shape index (κ1) is 59.7. The van der Waals surface area contributed by atoms with Gasteiger partial charge in [0, 0.05) is 44.7 Å². The summed E-state index contributed by atoms with van der Waals surface area (Å²) in [5.74, 6) is 0. The number of fused-ring (bicyclic) bond motifs is 20. The molecule has 482 valence electrons. The molecule has 0 radical (unpaired) electrons. The van der Waals surface area contributed by atoms with Gasteiger partial charge >= 0.3 is 0 Å². The fraction of sp³-hybridized carbons (Fsp3) is 0.0800. The van der Waals surface area contributed by atoms with Crippen molar-refractivity contribution < 1.29 is 0 Å². The van der Waals surface area contributed by atoms with Crippen molar-refractivity contribution in [2.75, 3.05) is 9.80 Å². The van der Waals surface area contributed by atoms with Gasteiger partial charge in [-0.05, 0) is 200 Å². The van der Waals surface area contributed by atoms with Crippen molar-refractivity contribution >= 4 is 55.7 Å². The summed E-state index contributed by atoms with van der Waals surface area (Å²) >= 11 is 0. The summed E-state index contributed by atoms with van der Waals surface area (Å²) < 4.78 is 0. The lowest BCUT2D eigenvalue weighted by molar-refractivity contribution is 0.514. The molecule has 0 heterocycles. The van der Waals surface area contributed by atoms with Crippen LogP contribution in [0.2, 0.25) is 0 Å². The normalized spacial score (nSPS) is 15.5. The molecule has 0 aliphatic heterocycles. The highest BCUT2D eigenvalue weighted by Gasteiger charge is 2.56. The van der Waals surface area contributed by atoms with E-state index in [2.05, 4.69) is 401 Å². The van der Waals surface area contributed by atoms with E-state index < -0.39 is 16.2 Å². The van der Waals surface area contributed by atoms with Crippen LogP contribution in [-0.2, 0) is 28.1 Å². The molecule has 20 rings (SSSR count). The third-order valence-electron chi connectivity index (χ3n) is 23.6. The molecule has 0 aromatic heterocycles. The van der Waals surface area contributed by atoms with Gasteiger partial charge in [-0.25, -0.2) is 0 Å². The summed E-state index contributed by atoms with van der Waals surface area (Å²) in [5.41, 5.74) is 32.3. The Labute approximate surface area is 597 Å². The molecule has 16 aromatic rings. The van der Waals surface area contributed by atoms with Crippen LogP contribution in [0.25, 0.3) is 66.1 Å². The van der Waals surface area contributed by atoms with E-state index in [4.69, 9.17) is 0 Å². The Morgan fingerprint density at radius 3 is 1.19 bits per heavy atom. The van der Waals surface area contributed by atoms with Gasteiger partial charge in [0.25, 0.3) is 0 Å². The number of nitrogens with zero attached hydrogens (tertiary/aromatic N) is 2. The van der Waals surface area contributed by atoms with Crippen molar-refractivity contribution in [2.24, 2.45) is 0 Å². The Morgan fingerprint density at radius 2 is 0.627 bits per heavy atom. The summed E-state index contributed by atoms with van der Waals surface area (Å²) in [6.07, 6.45) is 0.782. The lowest BCUT2D eigenvalue weighted by Crippen LogP contribution is -2.43. The fourth-order valence-corrected chi connectivity index (χ4v) is 19.5. The second-order valence-electron chi connectivity index (χ2n) is 29.1. The molecule has 0 N–H and O–H groups in total. The standard InChI is InChI=1S/C100H72N2/c1-97(2)83-46-22-26-50-87(83)99(88-51-27-23-47-84(88)97)80-44-20-18-41-76(80)79-64-69(56-60-82(79)99)94-75-59-55-66(63-68(75)58-62-92(94)101(70-32-8-4-9-33-70)71-34-10-5-11-35-71)65-98(3)85-48-24-28-52-89(85)100(90-53-29-25-49-86(90)98)81-45-21-19-42-77(81)95-78(43-30-54-91(95)100)96-74-40-17-16-31-67(74)57-61-93(96)102(72-36-12-6-13-37-72)73-38-14-7-15-39-73/h4-64H,65H2,1-3H3. The molecule has 4 aliphatic rings. The highest BCUT2D eigenvalue weighted by Crippen LogP contribution is 2.66. The van der Waals surface area contributed by atoms with E-state index in [0.717, 1.165) is 40.5 Å². The summed E-state index contributed by atoms with van der Waals surface area (Å²) in [5, 5.41) is 4.83. The first-order chi connectivity index (χ1) is 50.3. The Morgan fingerprint density at radius 1 is 0.235 bits per heavy atom. The number of hydrogen-bond acceptors (Lipinski definition) is 2. The third kappa shape index (κ3) is 8.41. The summed E-state index contributed by atoms with van der Waals surface area (Å²) in [6.45, 7) is 7.33. The van der Waals surface area contributed by atoms with E-state index in [1.807, 2.05) is 0 Å². The van der Waals surface area contributed by atoms with E-state index >= 15 is 0 Å². The molecule has 0 fully saturated rings. The highest BCUT2D eigenvalue weighted by molar-refractivity contribution is 6.11. The largest absolute Gasteiger partial charge is 0.310 e. The first-order valence-corrected chi connectivity index (χ1v) is 36.0. The van der Waals surface area contributed by atoms with Crippen LogP contribution in [0.1, 0.15) is 93.1 Å². The number of anilines is 6. The van der Waals surface area contributed by atoms with E-state index in [9.17, 15) is 0 Å². The minimum Gasteiger partial charge on any atom is -0.310 e. The number of benzene rings is 16. The van der Waals surface area contributed by atoms with Crippen molar-refractivity contribution in [3.8, 4) is 44.5 Å². The maximum atomic E-state index is 2.54. The van der Waals surface area contributed by atoms with Crippen molar-refractivity contribution in [1.29, 1.82) is 0 Å². The smallest absolute Gasteiger partial charge is 0.0719 e. The summed E-state index contributed by atoms with van der Waals surface area (Å²) in [6, 6.07) is 140. The Balaban J connectivity index is 0.767. The third-order valence-corrected chi connectivity index (χ3v) is 23.6. The molecule has 0 saturated heterocycles. The predicted molar refractivity (Wildman–Crippen MR) is 425 cm³/mol. The summed E-state index contributed by atoms with van der Waals surface area (Å²) in [4.78, 5) is 4.91. The second-order valence-corrected chi connectivity index (χ2v) is 29.1. The second kappa shape index (κ2) is 22.8. The van der Waals surface area contributed by atoms with Crippen LogP contribution in [0.4, 0.5) is 34.1 Å². The first-order valence-electron chi connectivity index (χ1n) is 36.0. The van der Waals surface area contributed by atoms with Crippen molar-refractivity contribution in [3.05, 3.63) is 442 Å². The van der Waals surface area contributed by atoms with Gasteiger partial charge in [0.1, 0.15) is 0 Å². The zero-order chi connectivity index (χ0) is 67.9. The number of hydrogen-bond donors (Lipinski definition) is 0. The molecule has 0 bridgehead atoms. The Bertz CT molecular complexity index is 5870. The van der Waals surface area contributed by atoms with Gasteiger partial charge in [-0.15, -0.1) is 0 Å². The summed E-state index contributed by atoms with van der Waals surface area (Å²) in [7, 11) is 0. The van der Waals surface area contributed by atoms with E-state index in [1.165, 1.54) is 138 Å².